The molecule has 0 amide bonds. The molecule has 1 spiro atoms. The molecule has 10 nitrogen and oxygen atoms in total. The number of rotatable bonds is 12. The molecule has 0 atom stereocenters. The maximum absolute atomic E-state index is 5.47. The summed E-state index contributed by atoms with van der Waals surface area (Å²) in [6.07, 6.45) is 0. The molecule has 0 radical (unpaired) electrons. The topological polar surface area (TPSA) is 112 Å². The van der Waals surface area contributed by atoms with Crippen LogP contribution in [-0.4, -0.2) is 49.1 Å². The molecule has 0 saturated carbocycles. The van der Waals surface area contributed by atoms with Gasteiger partial charge in [0.05, 0.1) is 27.8 Å². The van der Waals surface area contributed by atoms with Gasteiger partial charge in [-0.25, -0.2) is 38.9 Å². The smallest absolute Gasteiger partial charge is 0.164 e. The van der Waals surface area contributed by atoms with E-state index in [9.17, 15) is 0 Å². The SMILES string of the molecule is CC1(C)c2ccccc2-c2ccc(-c3nc(-c4ccccc4)nc(-c4ccc(-c5nn6c(-c7ccccc7)cc7ccccc7c6c5-c5ccccc5)cc4)n3)cc21.c1ccc(-c2nc(-c3ccc(-c4nn5c(-c6ccccc6)cc6ccccc6c5c4-c4ccccc4)cc3)nc(-c3ccc4c(c3)C3(c5ccccc5-c5ccccc53)c3ccccc3-4)n2)cc1. The molecule has 25 rings (SSSR count). The fourth-order valence-corrected chi connectivity index (χ4v) is 19.9. The average molecular weight is 1610 g/mol. The van der Waals surface area contributed by atoms with Crippen LogP contribution in [-0.2, 0) is 10.8 Å². The monoisotopic (exact) mass is 1610 g/mol. The van der Waals surface area contributed by atoms with Crippen molar-refractivity contribution >= 4 is 32.6 Å². The molecule has 22 aromatic rings. The van der Waals surface area contributed by atoms with E-state index in [0.29, 0.717) is 34.9 Å². The lowest BCUT2D eigenvalue weighted by atomic mass is 9.70. The molecule has 590 valence electrons. The molecule has 3 aliphatic carbocycles. The van der Waals surface area contributed by atoms with Crippen molar-refractivity contribution in [2.75, 3.05) is 0 Å². The van der Waals surface area contributed by atoms with Crippen molar-refractivity contribution in [3.05, 3.63) is 458 Å². The summed E-state index contributed by atoms with van der Waals surface area (Å²) in [7, 11) is 0. The zero-order valence-corrected chi connectivity index (χ0v) is 68.9. The summed E-state index contributed by atoms with van der Waals surface area (Å²) < 4.78 is 4.26. The first kappa shape index (κ1) is 73.4. The molecule has 0 fully saturated rings. The first-order valence-electron chi connectivity index (χ1n) is 42.9. The number of hydrogen-bond donors (Lipinski definition) is 0. The Morgan fingerprint density at radius 3 is 0.841 bits per heavy atom. The lowest BCUT2D eigenvalue weighted by Crippen LogP contribution is -2.25. The van der Waals surface area contributed by atoms with Gasteiger partial charge < -0.3 is 0 Å². The highest BCUT2D eigenvalue weighted by molar-refractivity contribution is 6.11. The van der Waals surface area contributed by atoms with Crippen LogP contribution in [0.2, 0.25) is 0 Å². The maximum Gasteiger partial charge on any atom is 0.164 e. The van der Waals surface area contributed by atoms with Crippen molar-refractivity contribution in [3.8, 4) is 169 Å². The quantitative estimate of drug-likeness (QED) is 0.119. The summed E-state index contributed by atoms with van der Waals surface area (Å²) in [5.74, 6) is 3.75. The standard InChI is InChI=1S/C63H39N5.C53H37N5/c1-4-18-40(19-5-1)56-39-45-24-10-11-25-47(45)59-57(41-20-6-2-7-21-41)58(67-68(56)59)42-32-34-44(35-33-42)61-64-60(43-22-8-3-9-23-43)65-62(66-61)46-36-37-51-50-28-14-17-31-54(50)63(55(51)38-46)52-29-15-12-26-48(52)49-27-13-16-30-53(49)63;1-53(2)44-25-15-14-24-42(44)43-31-30-40(32-45(43)53)52-55-50(37-20-10-5-11-21-37)54-51(56-52)38-28-26-36(27-29-38)48-47(35-18-8-4-9-19-35)49-41-23-13-12-22-39(41)33-46(58(49)57-48)34-16-6-3-7-17-34/h1-39H;3-33H,1-2H3. The molecule has 3 aliphatic rings. The Balaban J connectivity index is 0.000000143. The van der Waals surface area contributed by atoms with Crippen LogP contribution in [0.15, 0.2) is 425 Å². The van der Waals surface area contributed by atoms with E-state index in [1.807, 2.05) is 36.4 Å². The van der Waals surface area contributed by atoms with Crippen molar-refractivity contribution in [2.45, 2.75) is 24.7 Å². The van der Waals surface area contributed by atoms with Crippen LogP contribution >= 0.6 is 0 Å². The van der Waals surface area contributed by atoms with Crippen molar-refractivity contribution in [1.82, 2.24) is 49.1 Å². The zero-order valence-electron chi connectivity index (χ0n) is 68.9. The maximum atomic E-state index is 5.47. The lowest BCUT2D eigenvalue weighted by molar-refractivity contribution is 0.660. The minimum atomic E-state index is -0.478. The van der Waals surface area contributed by atoms with Crippen molar-refractivity contribution < 1.29 is 0 Å². The van der Waals surface area contributed by atoms with E-state index in [1.54, 1.807) is 0 Å². The van der Waals surface area contributed by atoms with Gasteiger partial charge in [-0.05, 0) is 113 Å². The molecule has 10 heteroatoms. The predicted octanol–water partition coefficient (Wildman–Crippen LogP) is 28.0. The van der Waals surface area contributed by atoms with Gasteiger partial charge in [0.1, 0.15) is 11.4 Å². The molecule has 126 heavy (non-hydrogen) atoms. The van der Waals surface area contributed by atoms with Gasteiger partial charge in [-0.15, -0.1) is 0 Å². The number of nitrogens with zero attached hydrogens (tertiary/aromatic N) is 10. The molecule has 0 saturated heterocycles. The van der Waals surface area contributed by atoms with Gasteiger partial charge >= 0.3 is 0 Å². The van der Waals surface area contributed by atoms with E-state index in [2.05, 4.69) is 411 Å². The van der Waals surface area contributed by atoms with Crippen molar-refractivity contribution in [3.63, 3.8) is 0 Å². The highest BCUT2D eigenvalue weighted by Crippen LogP contribution is 2.63. The average Bonchev–Trinajstić information content (AvgIpc) is 1.51. The predicted molar refractivity (Wildman–Crippen MR) is 511 cm³/mol. The fourth-order valence-electron chi connectivity index (χ4n) is 19.9. The molecule has 0 aliphatic heterocycles. The summed E-state index contributed by atoms with van der Waals surface area (Å²) in [5, 5.41) is 15.5. The first-order valence-corrected chi connectivity index (χ1v) is 42.9. The van der Waals surface area contributed by atoms with E-state index in [-0.39, 0.29) is 5.41 Å². The van der Waals surface area contributed by atoms with Crippen molar-refractivity contribution in [1.29, 1.82) is 0 Å². The normalized spacial score (nSPS) is 12.8. The van der Waals surface area contributed by atoms with E-state index < -0.39 is 5.41 Å². The second-order valence-corrected chi connectivity index (χ2v) is 33.2. The third kappa shape index (κ3) is 11.9. The van der Waals surface area contributed by atoms with Crippen LogP contribution in [0.1, 0.15) is 47.2 Å². The highest BCUT2D eigenvalue weighted by Gasteiger charge is 2.52. The summed E-state index contributed by atoms with van der Waals surface area (Å²) in [5.41, 5.74) is 35.0. The molecule has 16 aromatic carbocycles. The van der Waals surface area contributed by atoms with Gasteiger partial charge in [0, 0.05) is 82.9 Å². The molecule has 6 heterocycles. The number of hydrogen-bond acceptors (Lipinski definition) is 8. The van der Waals surface area contributed by atoms with Gasteiger partial charge in [0.25, 0.3) is 0 Å². The molecule has 0 unspecified atom stereocenters. The highest BCUT2D eigenvalue weighted by atomic mass is 15.2. The Hall–Kier alpha value is -16.6. The second kappa shape index (κ2) is 29.7. The lowest BCUT2D eigenvalue weighted by Gasteiger charge is -2.30. The summed E-state index contributed by atoms with van der Waals surface area (Å²) >= 11 is 0. The Bertz CT molecular complexity index is 8010. The van der Waals surface area contributed by atoms with Crippen molar-refractivity contribution in [2.24, 2.45) is 0 Å². The Morgan fingerprint density at radius 2 is 0.460 bits per heavy atom. The van der Waals surface area contributed by atoms with E-state index in [4.69, 9.17) is 40.1 Å². The van der Waals surface area contributed by atoms with Crippen LogP contribution in [0.3, 0.4) is 0 Å². The third-order valence-corrected chi connectivity index (χ3v) is 25.8. The van der Waals surface area contributed by atoms with Crippen LogP contribution in [0.5, 0.6) is 0 Å². The Kier molecular flexibility index (Phi) is 17.3. The van der Waals surface area contributed by atoms with E-state index in [1.165, 1.54) is 77.5 Å². The van der Waals surface area contributed by atoms with Gasteiger partial charge in [0.2, 0.25) is 0 Å². The van der Waals surface area contributed by atoms with Gasteiger partial charge in [-0.3, -0.25) is 0 Å². The molecule has 6 aromatic heterocycles. The van der Waals surface area contributed by atoms with Crippen LogP contribution in [0, 0.1) is 0 Å². The summed E-state index contributed by atoms with van der Waals surface area (Å²) in [6.45, 7) is 4.60. The minimum Gasteiger partial charge on any atom is -0.231 e. The number of pyridine rings is 2. The molecular weight excluding hydrogens is 1530 g/mol. The molecule has 0 bridgehead atoms. The largest absolute Gasteiger partial charge is 0.231 e. The van der Waals surface area contributed by atoms with Crippen LogP contribution in [0.4, 0.5) is 0 Å². The number of fused-ring (bicyclic) bond motifs is 19. The van der Waals surface area contributed by atoms with Crippen LogP contribution < -0.4 is 0 Å². The summed E-state index contributed by atoms with van der Waals surface area (Å²) in [6, 6.07) is 150. The third-order valence-electron chi connectivity index (χ3n) is 25.8. The van der Waals surface area contributed by atoms with Gasteiger partial charge in [-0.1, -0.05) is 414 Å². The Morgan fingerprint density at radius 1 is 0.198 bits per heavy atom. The number of aromatic nitrogens is 10. The minimum absolute atomic E-state index is 0.138. The second-order valence-electron chi connectivity index (χ2n) is 33.2. The zero-order chi connectivity index (χ0) is 83.6. The van der Waals surface area contributed by atoms with Crippen LogP contribution in [0.25, 0.3) is 202 Å². The summed E-state index contributed by atoms with van der Waals surface area (Å²) in [4.78, 5) is 31.0. The molecular formula is C116H76N10. The first-order chi connectivity index (χ1) is 62.2. The fraction of sp³-hybridized carbons (Fsp3) is 0.0345. The molecule has 0 N–H and O–H groups in total. The van der Waals surface area contributed by atoms with E-state index >= 15 is 0 Å². The van der Waals surface area contributed by atoms with E-state index in [0.717, 1.165) is 122 Å². The van der Waals surface area contributed by atoms with Gasteiger partial charge in [0.15, 0.2) is 34.9 Å². The Labute approximate surface area is 728 Å². The van der Waals surface area contributed by atoms with Gasteiger partial charge in [-0.2, -0.15) is 10.2 Å². The number of benzene rings is 16.